The van der Waals surface area contributed by atoms with E-state index in [1.807, 2.05) is 18.2 Å². The van der Waals surface area contributed by atoms with E-state index in [4.69, 9.17) is 9.47 Å². The Bertz CT molecular complexity index is 755. The number of amides is 2. The van der Waals surface area contributed by atoms with Crippen LogP contribution < -0.4 is 20.1 Å². The highest BCUT2D eigenvalue weighted by Crippen LogP contribution is 2.25. The fourth-order valence-corrected chi connectivity index (χ4v) is 4.11. The number of benzene rings is 1. The van der Waals surface area contributed by atoms with E-state index < -0.39 is 6.04 Å². The molecule has 0 bridgehead atoms. The molecule has 1 atom stereocenters. The number of rotatable bonds is 9. The van der Waals surface area contributed by atoms with Crippen molar-refractivity contribution in [2.45, 2.75) is 51.1 Å². The second-order valence-electron chi connectivity index (χ2n) is 7.91. The van der Waals surface area contributed by atoms with Gasteiger partial charge in [-0.3, -0.25) is 14.5 Å². The molecule has 1 heterocycles. The lowest BCUT2D eigenvalue weighted by Gasteiger charge is -2.34. The molecule has 0 aromatic heterocycles. The summed E-state index contributed by atoms with van der Waals surface area (Å²) < 4.78 is 10.7. The Morgan fingerprint density at radius 1 is 1.20 bits per heavy atom. The Labute approximate surface area is 178 Å². The first-order chi connectivity index (χ1) is 14.6. The normalized spacial score (nSPS) is 19.6. The smallest absolute Gasteiger partial charge is 0.237 e. The number of piperazine rings is 1. The summed E-state index contributed by atoms with van der Waals surface area (Å²) in [4.78, 5) is 27.1. The maximum atomic E-state index is 12.5. The summed E-state index contributed by atoms with van der Waals surface area (Å²) in [6.45, 7) is 2.44. The topological polar surface area (TPSA) is 79.9 Å². The van der Waals surface area contributed by atoms with Gasteiger partial charge in [-0.25, -0.2) is 0 Å². The van der Waals surface area contributed by atoms with E-state index in [2.05, 4.69) is 21.6 Å². The summed E-state index contributed by atoms with van der Waals surface area (Å²) in [5, 5.41) is 5.88. The van der Waals surface area contributed by atoms with Crippen LogP contribution in [0.5, 0.6) is 11.5 Å². The van der Waals surface area contributed by atoms with Crippen LogP contribution in [0.25, 0.3) is 0 Å². The third-order valence-corrected chi connectivity index (χ3v) is 5.77. The second kappa shape index (κ2) is 11.0. The van der Waals surface area contributed by atoms with Crippen LogP contribution in [0.15, 0.2) is 29.8 Å². The van der Waals surface area contributed by atoms with Gasteiger partial charge in [-0.1, -0.05) is 11.6 Å². The quantitative estimate of drug-likeness (QED) is 0.606. The Morgan fingerprint density at radius 2 is 1.97 bits per heavy atom. The van der Waals surface area contributed by atoms with Crippen LogP contribution in [0.4, 0.5) is 0 Å². The summed E-state index contributed by atoms with van der Waals surface area (Å²) in [5.41, 5.74) is 2.42. The third-order valence-electron chi connectivity index (χ3n) is 5.77. The Balaban J connectivity index is 1.58. The number of allylic oxidation sites excluding steroid dienone is 1. The largest absolute Gasteiger partial charge is 0.497 e. The summed E-state index contributed by atoms with van der Waals surface area (Å²) >= 11 is 0. The number of methoxy groups -OCH3 is 2. The number of carbonyl (C=O) groups is 2. The molecule has 1 aliphatic heterocycles. The number of hydrogen-bond donors (Lipinski definition) is 2. The van der Waals surface area contributed by atoms with E-state index in [-0.39, 0.29) is 18.2 Å². The molecule has 1 fully saturated rings. The zero-order chi connectivity index (χ0) is 21.3. The molecule has 1 aromatic rings. The Kier molecular flexibility index (Phi) is 8.13. The van der Waals surface area contributed by atoms with Gasteiger partial charge in [-0.15, -0.1) is 0 Å². The molecule has 0 spiro atoms. The molecule has 164 valence electrons. The predicted molar refractivity (Wildman–Crippen MR) is 116 cm³/mol. The van der Waals surface area contributed by atoms with Gasteiger partial charge in [-0.2, -0.15) is 0 Å². The molecule has 3 rings (SSSR count). The first kappa shape index (κ1) is 22.2. The Morgan fingerprint density at radius 3 is 2.63 bits per heavy atom. The molecule has 7 nitrogen and oxygen atoms in total. The molecule has 0 radical (unpaired) electrons. The van der Waals surface area contributed by atoms with Gasteiger partial charge in [0.15, 0.2) is 0 Å². The first-order valence-electron chi connectivity index (χ1n) is 10.8. The molecule has 2 amide bonds. The molecule has 2 N–H and O–H groups in total. The highest BCUT2D eigenvalue weighted by atomic mass is 16.5. The molecule has 1 aliphatic carbocycles. The SMILES string of the molecule is COc1cc(CN2CCNC(=O)[C@@H]2CC(=O)NCCC2=CCCCC2)cc(OC)c1. The van der Waals surface area contributed by atoms with Gasteiger partial charge < -0.3 is 20.1 Å². The standard InChI is InChI=1S/C23H33N3O4/c1-29-19-12-18(13-20(14-19)30-2)16-26-11-10-25-23(28)21(26)15-22(27)24-9-8-17-6-4-3-5-7-17/h6,12-14,21H,3-5,7-11,15-16H2,1-2H3,(H,24,27)(H,25,28)/t21-/m0/s1. The predicted octanol–water partition coefficient (Wildman–Crippen LogP) is 2.40. The monoisotopic (exact) mass is 415 g/mol. The molecular weight excluding hydrogens is 382 g/mol. The highest BCUT2D eigenvalue weighted by Gasteiger charge is 2.31. The molecule has 2 aliphatic rings. The van der Waals surface area contributed by atoms with E-state index in [9.17, 15) is 9.59 Å². The van der Waals surface area contributed by atoms with E-state index in [1.165, 1.54) is 18.4 Å². The van der Waals surface area contributed by atoms with Crippen LogP contribution in [-0.4, -0.2) is 56.6 Å². The van der Waals surface area contributed by atoms with Crippen LogP contribution in [-0.2, 0) is 16.1 Å². The van der Waals surface area contributed by atoms with Crippen molar-refractivity contribution >= 4 is 11.8 Å². The number of hydrogen-bond acceptors (Lipinski definition) is 5. The van der Waals surface area contributed by atoms with Gasteiger partial charge in [0.1, 0.15) is 11.5 Å². The summed E-state index contributed by atoms with van der Waals surface area (Å²) in [6, 6.07) is 5.21. The minimum absolute atomic E-state index is 0.0818. The van der Waals surface area contributed by atoms with Crippen LogP contribution in [0.1, 0.15) is 44.1 Å². The van der Waals surface area contributed by atoms with Crippen molar-refractivity contribution in [3.8, 4) is 11.5 Å². The molecule has 0 unspecified atom stereocenters. The van der Waals surface area contributed by atoms with Crippen molar-refractivity contribution in [2.75, 3.05) is 33.9 Å². The van der Waals surface area contributed by atoms with Crippen LogP contribution in [0, 0.1) is 0 Å². The minimum Gasteiger partial charge on any atom is -0.497 e. The second-order valence-corrected chi connectivity index (χ2v) is 7.91. The van der Waals surface area contributed by atoms with Crippen molar-refractivity contribution < 1.29 is 19.1 Å². The highest BCUT2D eigenvalue weighted by molar-refractivity contribution is 5.88. The summed E-state index contributed by atoms with van der Waals surface area (Å²) in [7, 11) is 3.23. The van der Waals surface area contributed by atoms with Gasteiger partial charge in [0.25, 0.3) is 0 Å². The lowest BCUT2D eigenvalue weighted by Crippen LogP contribution is -2.56. The molecule has 1 aromatic carbocycles. The van der Waals surface area contributed by atoms with E-state index in [1.54, 1.807) is 14.2 Å². The maximum absolute atomic E-state index is 12.5. The van der Waals surface area contributed by atoms with Crippen molar-refractivity contribution in [2.24, 2.45) is 0 Å². The van der Waals surface area contributed by atoms with Gasteiger partial charge in [0.2, 0.25) is 11.8 Å². The summed E-state index contributed by atoms with van der Waals surface area (Å²) in [5.74, 6) is 1.23. The number of nitrogens with zero attached hydrogens (tertiary/aromatic N) is 1. The van der Waals surface area contributed by atoms with Crippen LogP contribution in [0.2, 0.25) is 0 Å². The van der Waals surface area contributed by atoms with Crippen LogP contribution in [0.3, 0.4) is 0 Å². The van der Waals surface area contributed by atoms with Crippen molar-refractivity contribution in [1.29, 1.82) is 0 Å². The van der Waals surface area contributed by atoms with Crippen molar-refractivity contribution in [1.82, 2.24) is 15.5 Å². The molecule has 1 saturated heterocycles. The Hall–Kier alpha value is -2.54. The minimum atomic E-state index is -0.482. The first-order valence-corrected chi connectivity index (χ1v) is 10.8. The number of ether oxygens (including phenoxy) is 2. The van der Waals surface area contributed by atoms with Gasteiger partial charge in [-0.05, 0) is 49.8 Å². The third kappa shape index (κ3) is 6.23. The van der Waals surface area contributed by atoms with Gasteiger partial charge >= 0.3 is 0 Å². The zero-order valence-corrected chi connectivity index (χ0v) is 18.0. The van der Waals surface area contributed by atoms with E-state index in [0.717, 1.165) is 24.8 Å². The lowest BCUT2D eigenvalue weighted by atomic mass is 9.97. The van der Waals surface area contributed by atoms with E-state index >= 15 is 0 Å². The lowest BCUT2D eigenvalue weighted by molar-refractivity contribution is -0.134. The molecule has 30 heavy (non-hydrogen) atoms. The van der Waals surface area contributed by atoms with Gasteiger partial charge in [0.05, 0.1) is 26.7 Å². The van der Waals surface area contributed by atoms with E-state index in [0.29, 0.717) is 37.7 Å². The molecule has 7 heteroatoms. The fraction of sp³-hybridized carbons (Fsp3) is 0.565. The molecule has 0 saturated carbocycles. The van der Waals surface area contributed by atoms with Crippen molar-refractivity contribution in [3.05, 3.63) is 35.4 Å². The summed E-state index contributed by atoms with van der Waals surface area (Å²) in [6.07, 6.45) is 8.15. The average molecular weight is 416 g/mol. The molecular formula is C23H33N3O4. The maximum Gasteiger partial charge on any atom is 0.237 e. The fourth-order valence-electron chi connectivity index (χ4n) is 4.11. The van der Waals surface area contributed by atoms with Crippen LogP contribution >= 0.6 is 0 Å². The number of nitrogens with one attached hydrogen (secondary N) is 2. The zero-order valence-electron chi connectivity index (χ0n) is 18.0. The van der Waals surface area contributed by atoms with Gasteiger partial charge in [0, 0.05) is 32.2 Å². The van der Waals surface area contributed by atoms with Crippen molar-refractivity contribution in [3.63, 3.8) is 0 Å². The number of carbonyl (C=O) groups excluding carboxylic acids is 2. The average Bonchev–Trinajstić information content (AvgIpc) is 2.76.